The normalized spacial score (nSPS) is 18.7. The second kappa shape index (κ2) is 6.31. The summed E-state index contributed by atoms with van der Waals surface area (Å²) in [6.07, 6.45) is 3.60. The molecule has 7 heteroatoms. The summed E-state index contributed by atoms with van der Waals surface area (Å²) in [4.78, 5) is 20.5. The van der Waals surface area contributed by atoms with Gasteiger partial charge in [0.1, 0.15) is 5.76 Å². The second-order valence-electron chi connectivity index (χ2n) is 5.63. The van der Waals surface area contributed by atoms with Gasteiger partial charge in [0.15, 0.2) is 5.82 Å². The zero-order valence-electron chi connectivity index (χ0n) is 12.9. The second-order valence-corrected chi connectivity index (χ2v) is 5.63. The molecule has 2 aromatic heterocycles. The van der Waals surface area contributed by atoms with Gasteiger partial charge in [0.2, 0.25) is 11.8 Å². The third kappa shape index (κ3) is 3.19. The van der Waals surface area contributed by atoms with Gasteiger partial charge < -0.3 is 13.8 Å². The topological polar surface area (TPSA) is 75.6 Å². The lowest BCUT2D eigenvalue weighted by molar-refractivity contribution is -0.132. The number of furan rings is 1. The first-order valence-corrected chi connectivity index (χ1v) is 7.44. The monoisotopic (exact) mass is 304 g/mol. The van der Waals surface area contributed by atoms with Gasteiger partial charge in [0.05, 0.1) is 25.4 Å². The molecule has 3 heterocycles. The highest BCUT2D eigenvalue weighted by Crippen LogP contribution is 2.29. The predicted octanol–water partition coefficient (Wildman–Crippen LogP) is 1.77. The van der Waals surface area contributed by atoms with E-state index in [1.54, 1.807) is 25.1 Å². The summed E-state index contributed by atoms with van der Waals surface area (Å²) in [6, 6.07) is 3.76. The van der Waals surface area contributed by atoms with E-state index in [9.17, 15) is 4.79 Å². The lowest BCUT2D eigenvalue weighted by Gasteiger charge is -2.24. The standard InChI is InChI=1S/C15H20N4O3/c1-11-16-15(17-22-11)13-6-3-7-19(13)10-14(20)18(2)9-12-5-4-8-21-12/h4-5,8,13H,3,6-7,9-10H2,1-2H3. The van der Waals surface area contributed by atoms with Crippen LogP contribution < -0.4 is 0 Å². The van der Waals surface area contributed by atoms with Crippen molar-refractivity contribution in [1.29, 1.82) is 0 Å². The maximum atomic E-state index is 12.4. The Hall–Kier alpha value is -2.15. The third-order valence-corrected chi connectivity index (χ3v) is 3.94. The van der Waals surface area contributed by atoms with Crippen molar-refractivity contribution in [3.63, 3.8) is 0 Å². The first-order chi connectivity index (χ1) is 10.6. The van der Waals surface area contributed by atoms with Crippen LogP contribution in [0.5, 0.6) is 0 Å². The average Bonchev–Trinajstić information content (AvgIpc) is 3.20. The molecule has 0 N–H and O–H groups in total. The molecule has 22 heavy (non-hydrogen) atoms. The van der Waals surface area contributed by atoms with Crippen molar-refractivity contribution in [3.05, 3.63) is 35.9 Å². The molecule has 2 aromatic rings. The molecule has 1 unspecified atom stereocenters. The third-order valence-electron chi connectivity index (χ3n) is 3.94. The number of aromatic nitrogens is 2. The van der Waals surface area contributed by atoms with Crippen LogP contribution in [0.3, 0.4) is 0 Å². The van der Waals surface area contributed by atoms with Gasteiger partial charge in [-0.05, 0) is 31.5 Å². The van der Waals surface area contributed by atoms with Gasteiger partial charge in [0, 0.05) is 14.0 Å². The van der Waals surface area contributed by atoms with Crippen LogP contribution in [0.2, 0.25) is 0 Å². The summed E-state index contributed by atoms with van der Waals surface area (Å²) < 4.78 is 10.3. The highest BCUT2D eigenvalue weighted by atomic mass is 16.5. The summed E-state index contributed by atoms with van der Waals surface area (Å²) in [7, 11) is 1.79. The van der Waals surface area contributed by atoms with Crippen LogP contribution in [-0.2, 0) is 11.3 Å². The Morgan fingerprint density at radius 3 is 3.09 bits per heavy atom. The molecule has 1 atom stereocenters. The van der Waals surface area contributed by atoms with Gasteiger partial charge in [-0.25, -0.2) is 0 Å². The van der Waals surface area contributed by atoms with Crippen molar-refractivity contribution in [3.8, 4) is 0 Å². The molecule has 1 aliphatic heterocycles. The van der Waals surface area contributed by atoms with Gasteiger partial charge in [-0.1, -0.05) is 5.16 Å². The van der Waals surface area contributed by atoms with Gasteiger partial charge in [0.25, 0.3) is 0 Å². The number of rotatable bonds is 5. The molecular formula is C15H20N4O3. The Morgan fingerprint density at radius 1 is 1.55 bits per heavy atom. The molecule has 1 amide bonds. The van der Waals surface area contributed by atoms with E-state index < -0.39 is 0 Å². The zero-order valence-corrected chi connectivity index (χ0v) is 12.9. The fraction of sp³-hybridized carbons (Fsp3) is 0.533. The van der Waals surface area contributed by atoms with Crippen LogP contribution in [-0.4, -0.2) is 46.0 Å². The number of aryl methyl sites for hydroxylation is 1. The SMILES string of the molecule is Cc1nc(C2CCCN2CC(=O)N(C)Cc2ccco2)no1. The van der Waals surface area contributed by atoms with E-state index in [0.717, 1.165) is 25.1 Å². The molecule has 0 aromatic carbocycles. The molecule has 3 rings (SSSR count). The first kappa shape index (κ1) is 14.8. The van der Waals surface area contributed by atoms with E-state index in [2.05, 4.69) is 15.0 Å². The Bertz CT molecular complexity index is 623. The van der Waals surface area contributed by atoms with Crippen molar-refractivity contribution in [2.75, 3.05) is 20.1 Å². The van der Waals surface area contributed by atoms with E-state index in [0.29, 0.717) is 24.8 Å². The molecule has 1 aliphatic rings. The quantitative estimate of drug-likeness (QED) is 0.838. The van der Waals surface area contributed by atoms with Crippen LogP contribution in [0.15, 0.2) is 27.3 Å². The number of nitrogens with zero attached hydrogens (tertiary/aromatic N) is 4. The predicted molar refractivity (Wildman–Crippen MR) is 77.8 cm³/mol. The van der Waals surface area contributed by atoms with Crippen molar-refractivity contribution in [1.82, 2.24) is 19.9 Å². The van der Waals surface area contributed by atoms with E-state index >= 15 is 0 Å². The van der Waals surface area contributed by atoms with Gasteiger partial charge >= 0.3 is 0 Å². The Morgan fingerprint density at radius 2 is 2.41 bits per heavy atom. The largest absolute Gasteiger partial charge is 0.467 e. The number of carbonyl (C=O) groups excluding carboxylic acids is 1. The highest BCUT2D eigenvalue weighted by Gasteiger charge is 2.31. The van der Waals surface area contributed by atoms with E-state index in [1.807, 2.05) is 12.1 Å². The maximum Gasteiger partial charge on any atom is 0.236 e. The fourth-order valence-electron chi connectivity index (χ4n) is 2.78. The number of likely N-dealkylation sites (N-methyl/N-ethyl adjacent to an activating group) is 1. The molecule has 7 nitrogen and oxygen atoms in total. The first-order valence-electron chi connectivity index (χ1n) is 7.44. The van der Waals surface area contributed by atoms with Crippen LogP contribution in [0.4, 0.5) is 0 Å². The van der Waals surface area contributed by atoms with E-state index in [1.165, 1.54) is 0 Å². The minimum Gasteiger partial charge on any atom is -0.467 e. The van der Waals surface area contributed by atoms with Crippen LogP contribution in [0.1, 0.15) is 36.4 Å². The van der Waals surface area contributed by atoms with Crippen molar-refractivity contribution in [2.24, 2.45) is 0 Å². The van der Waals surface area contributed by atoms with Gasteiger partial charge in [-0.2, -0.15) is 4.98 Å². The molecule has 0 bridgehead atoms. The summed E-state index contributed by atoms with van der Waals surface area (Å²) >= 11 is 0. The van der Waals surface area contributed by atoms with Gasteiger partial charge in [-0.3, -0.25) is 9.69 Å². The Labute approximate surface area is 128 Å². The molecule has 0 radical (unpaired) electrons. The van der Waals surface area contributed by atoms with Gasteiger partial charge in [-0.15, -0.1) is 0 Å². The lowest BCUT2D eigenvalue weighted by atomic mass is 10.2. The maximum absolute atomic E-state index is 12.4. The van der Waals surface area contributed by atoms with Crippen LogP contribution >= 0.6 is 0 Å². The van der Waals surface area contributed by atoms with Crippen molar-refractivity contribution in [2.45, 2.75) is 32.4 Å². The molecule has 1 saturated heterocycles. The highest BCUT2D eigenvalue weighted by molar-refractivity contribution is 5.78. The number of hydrogen-bond acceptors (Lipinski definition) is 6. The van der Waals surface area contributed by atoms with E-state index in [4.69, 9.17) is 8.94 Å². The number of carbonyl (C=O) groups is 1. The molecule has 0 aliphatic carbocycles. The molecule has 0 saturated carbocycles. The van der Waals surface area contributed by atoms with Crippen LogP contribution in [0.25, 0.3) is 0 Å². The average molecular weight is 304 g/mol. The number of amides is 1. The molecular weight excluding hydrogens is 284 g/mol. The Balaban J connectivity index is 1.60. The lowest BCUT2D eigenvalue weighted by Crippen LogP contribution is -2.38. The zero-order chi connectivity index (χ0) is 15.5. The minimum absolute atomic E-state index is 0.0588. The van der Waals surface area contributed by atoms with Crippen molar-refractivity contribution < 1.29 is 13.7 Å². The molecule has 1 fully saturated rings. The molecule has 118 valence electrons. The van der Waals surface area contributed by atoms with Crippen LogP contribution in [0, 0.1) is 6.92 Å². The Kier molecular flexibility index (Phi) is 4.24. The smallest absolute Gasteiger partial charge is 0.236 e. The summed E-state index contributed by atoms with van der Waals surface area (Å²) in [5.41, 5.74) is 0. The minimum atomic E-state index is 0.0588. The van der Waals surface area contributed by atoms with Crippen molar-refractivity contribution >= 4 is 5.91 Å². The number of likely N-dealkylation sites (tertiary alicyclic amines) is 1. The number of hydrogen-bond donors (Lipinski definition) is 0. The molecule has 0 spiro atoms. The summed E-state index contributed by atoms with van der Waals surface area (Å²) in [5.74, 6) is 2.07. The van der Waals surface area contributed by atoms with E-state index in [-0.39, 0.29) is 11.9 Å². The fourth-order valence-corrected chi connectivity index (χ4v) is 2.78. The summed E-state index contributed by atoms with van der Waals surface area (Å²) in [6.45, 7) is 3.48. The summed E-state index contributed by atoms with van der Waals surface area (Å²) in [5, 5.41) is 3.99.